The van der Waals surface area contributed by atoms with E-state index < -0.39 is 0 Å². The van der Waals surface area contributed by atoms with Crippen molar-refractivity contribution in [2.75, 3.05) is 5.32 Å². The molecule has 0 aliphatic heterocycles. The third kappa shape index (κ3) is 4.60. The minimum atomic E-state index is -0.123. The van der Waals surface area contributed by atoms with Crippen molar-refractivity contribution in [2.45, 2.75) is 26.2 Å². The number of anilines is 1. The highest BCUT2D eigenvalue weighted by atomic mass is 16.1. The van der Waals surface area contributed by atoms with Crippen LogP contribution in [0.1, 0.15) is 31.9 Å². The first-order chi connectivity index (χ1) is 9.95. The Balaban J connectivity index is 1.98. The summed E-state index contributed by atoms with van der Waals surface area (Å²) in [4.78, 5) is 11.9. The molecule has 0 spiro atoms. The molecule has 2 rings (SSSR count). The molecule has 0 saturated carbocycles. The first-order valence-electron chi connectivity index (χ1n) is 7.10. The molecule has 0 unspecified atom stereocenters. The average Bonchev–Trinajstić information content (AvgIpc) is 2.46. The largest absolute Gasteiger partial charge is 0.323 e. The van der Waals surface area contributed by atoms with Crippen LogP contribution in [0.5, 0.6) is 0 Å². The van der Waals surface area contributed by atoms with E-state index in [1.807, 2.05) is 42.5 Å². The minimum absolute atomic E-state index is 0.121. The van der Waals surface area contributed by atoms with E-state index in [9.17, 15) is 4.79 Å². The molecule has 0 heterocycles. The van der Waals surface area contributed by atoms with Gasteiger partial charge in [-0.3, -0.25) is 4.79 Å². The maximum Gasteiger partial charge on any atom is 0.248 e. The maximum atomic E-state index is 11.9. The molecule has 0 aromatic heterocycles. The summed E-state index contributed by atoms with van der Waals surface area (Å²) < 4.78 is 0. The molecule has 2 aromatic carbocycles. The lowest BCUT2D eigenvalue weighted by Crippen LogP contribution is -2.12. The molecule has 21 heavy (non-hydrogen) atoms. The Hall–Kier alpha value is -2.35. The lowest BCUT2D eigenvalue weighted by molar-refractivity contribution is -0.111. The fourth-order valence-electron chi connectivity index (χ4n) is 1.97. The van der Waals surface area contributed by atoms with Crippen molar-refractivity contribution in [3.63, 3.8) is 0 Å². The number of amides is 1. The quantitative estimate of drug-likeness (QED) is 0.815. The van der Waals surface area contributed by atoms with Crippen molar-refractivity contribution in [1.29, 1.82) is 0 Å². The van der Waals surface area contributed by atoms with Crippen molar-refractivity contribution in [3.8, 4) is 0 Å². The third-order valence-electron chi connectivity index (χ3n) is 3.25. The number of hydrogen-bond acceptors (Lipinski definition) is 1. The molecule has 0 atom stereocenters. The predicted molar refractivity (Wildman–Crippen MR) is 89.2 cm³/mol. The van der Waals surface area contributed by atoms with Gasteiger partial charge < -0.3 is 5.32 Å². The zero-order valence-corrected chi connectivity index (χ0v) is 12.8. The average molecular weight is 279 g/mol. The van der Waals surface area contributed by atoms with Crippen molar-refractivity contribution in [3.05, 3.63) is 71.8 Å². The molecular formula is C19H21NO. The van der Waals surface area contributed by atoms with E-state index in [0.717, 1.165) is 11.3 Å². The summed E-state index contributed by atoms with van der Waals surface area (Å²) in [5.41, 5.74) is 3.19. The summed E-state index contributed by atoms with van der Waals surface area (Å²) in [6.07, 6.45) is 3.35. The van der Waals surface area contributed by atoms with Crippen LogP contribution >= 0.6 is 0 Å². The van der Waals surface area contributed by atoms with Gasteiger partial charge in [0.25, 0.3) is 0 Å². The first kappa shape index (κ1) is 15.0. The van der Waals surface area contributed by atoms with Gasteiger partial charge in [-0.1, -0.05) is 63.2 Å². The van der Waals surface area contributed by atoms with Gasteiger partial charge in [0.05, 0.1) is 0 Å². The van der Waals surface area contributed by atoms with Gasteiger partial charge in [0.2, 0.25) is 5.91 Å². The van der Waals surface area contributed by atoms with Crippen LogP contribution in [-0.2, 0) is 10.2 Å². The number of nitrogens with one attached hydrogen (secondary N) is 1. The molecule has 2 nitrogen and oxygen atoms in total. The van der Waals surface area contributed by atoms with Gasteiger partial charge in [0.1, 0.15) is 0 Å². The molecule has 108 valence electrons. The zero-order valence-electron chi connectivity index (χ0n) is 12.8. The van der Waals surface area contributed by atoms with E-state index in [2.05, 4.69) is 38.2 Å². The molecule has 0 fully saturated rings. The van der Waals surface area contributed by atoms with Crippen molar-refractivity contribution in [2.24, 2.45) is 0 Å². The van der Waals surface area contributed by atoms with Gasteiger partial charge in [-0.05, 0) is 34.8 Å². The van der Waals surface area contributed by atoms with E-state index >= 15 is 0 Å². The van der Waals surface area contributed by atoms with Crippen LogP contribution in [-0.4, -0.2) is 5.91 Å². The highest BCUT2D eigenvalue weighted by Gasteiger charge is 2.12. The molecule has 0 aliphatic carbocycles. The van der Waals surface area contributed by atoms with Crippen LogP contribution in [0.2, 0.25) is 0 Å². The number of rotatable bonds is 3. The maximum absolute atomic E-state index is 11.9. The molecule has 0 aliphatic rings. The van der Waals surface area contributed by atoms with Crippen LogP contribution in [0.4, 0.5) is 5.69 Å². The van der Waals surface area contributed by atoms with Gasteiger partial charge in [-0.15, -0.1) is 0 Å². The van der Waals surface area contributed by atoms with Crippen LogP contribution in [0.3, 0.4) is 0 Å². The fraction of sp³-hybridized carbons (Fsp3) is 0.211. The van der Waals surface area contributed by atoms with E-state index in [1.165, 1.54) is 5.56 Å². The molecule has 0 saturated heterocycles. The number of hydrogen-bond donors (Lipinski definition) is 1. The molecular weight excluding hydrogens is 258 g/mol. The van der Waals surface area contributed by atoms with Crippen molar-refractivity contribution in [1.82, 2.24) is 0 Å². The molecule has 0 radical (unpaired) electrons. The van der Waals surface area contributed by atoms with E-state index in [4.69, 9.17) is 0 Å². The Kier molecular flexibility index (Phi) is 4.59. The summed E-state index contributed by atoms with van der Waals surface area (Å²) in [5.74, 6) is -0.123. The second-order valence-corrected chi connectivity index (χ2v) is 6.06. The highest BCUT2D eigenvalue weighted by Crippen LogP contribution is 2.23. The second kappa shape index (κ2) is 6.40. The Morgan fingerprint density at radius 1 is 0.952 bits per heavy atom. The summed E-state index contributed by atoms with van der Waals surface area (Å²) in [5, 5.41) is 2.87. The van der Waals surface area contributed by atoms with Crippen molar-refractivity contribution < 1.29 is 4.79 Å². The smallest absolute Gasteiger partial charge is 0.248 e. The summed E-state index contributed by atoms with van der Waals surface area (Å²) >= 11 is 0. The zero-order chi connectivity index (χ0) is 15.3. The Bertz CT molecular complexity index is 619. The van der Waals surface area contributed by atoms with Gasteiger partial charge in [-0.25, -0.2) is 0 Å². The van der Waals surface area contributed by atoms with Crippen LogP contribution < -0.4 is 5.32 Å². The number of carbonyl (C=O) groups excluding carboxylic acids is 1. The Labute approximate surface area is 126 Å². The summed E-state index contributed by atoms with van der Waals surface area (Å²) in [6, 6.07) is 17.8. The van der Waals surface area contributed by atoms with E-state index in [1.54, 1.807) is 12.2 Å². The Morgan fingerprint density at radius 3 is 2.14 bits per heavy atom. The molecule has 2 aromatic rings. The molecule has 2 heteroatoms. The van der Waals surface area contributed by atoms with E-state index in [0.29, 0.717) is 0 Å². The van der Waals surface area contributed by atoms with Crippen molar-refractivity contribution >= 4 is 17.7 Å². The SMILES string of the molecule is CC(C)(C)c1ccc(NC(=O)/C=C/c2ccccc2)cc1. The monoisotopic (exact) mass is 279 g/mol. The Morgan fingerprint density at radius 2 is 1.57 bits per heavy atom. The van der Waals surface area contributed by atoms with Gasteiger partial charge in [0.15, 0.2) is 0 Å². The van der Waals surface area contributed by atoms with E-state index in [-0.39, 0.29) is 11.3 Å². The predicted octanol–water partition coefficient (Wildman–Crippen LogP) is 4.64. The highest BCUT2D eigenvalue weighted by molar-refractivity contribution is 6.01. The van der Waals surface area contributed by atoms with Crippen LogP contribution in [0.15, 0.2) is 60.7 Å². The summed E-state index contributed by atoms with van der Waals surface area (Å²) in [7, 11) is 0. The topological polar surface area (TPSA) is 29.1 Å². The first-order valence-corrected chi connectivity index (χ1v) is 7.10. The number of carbonyl (C=O) groups is 1. The van der Waals surface area contributed by atoms with Gasteiger partial charge in [0, 0.05) is 11.8 Å². The minimum Gasteiger partial charge on any atom is -0.323 e. The molecule has 0 bridgehead atoms. The molecule has 1 amide bonds. The normalized spacial score (nSPS) is 11.6. The van der Waals surface area contributed by atoms with Crippen LogP contribution in [0.25, 0.3) is 6.08 Å². The fourth-order valence-corrected chi connectivity index (χ4v) is 1.97. The standard InChI is InChI=1S/C19H21NO/c1-19(2,3)16-10-12-17(13-11-16)20-18(21)14-9-15-7-5-4-6-8-15/h4-14H,1-3H3,(H,20,21)/b14-9+. The summed E-state index contributed by atoms with van der Waals surface area (Å²) in [6.45, 7) is 6.51. The lowest BCUT2D eigenvalue weighted by atomic mass is 9.87. The van der Waals surface area contributed by atoms with Gasteiger partial charge >= 0.3 is 0 Å². The second-order valence-electron chi connectivity index (χ2n) is 6.06. The molecule has 1 N–H and O–H groups in total. The third-order valence-corrected chi connectivity index (χ3v) is 3.25. The van der Waals surface area contributed by atoms with Gasteiger partial charge in [-0.2, -0.15) is 0 Å². The van der Waals surface area contributed by atoms with Crippen LogP contribution in [0, 0.1) is 0 Å². The number of benzene rings is 2. The lowest BCUT2D eigenvalue weighted by Gasteiger charge is -2.19.